The summed E-state index contributed by atoms with van der Waals surface area (Å²) in [5, 5.41) is 13.1. The number of thioether (sulfide) groups is 1. The Morgan fingerprint density at radius 1 is 1.33 bits per heavy atom. The quantitative estimate of drug-likeness (QED) is 0.281. The first-order valence-corrected chi connectivity index (χ1v) is 7.22. The summed E-state index contributed by atoms with van der Waals surface area (Å²) >= 11 is 1.59. The molecule has 0 amide bonds. The van der Waals surface area contributed by atoms with Gasteiger partial charge in [-0.3, -0.25) is 0 Å². The van der Waals surface area contributed by atoms with Gasteiger partial charge in [0.15, 0.2) is 12.4 Å². The van der Waals surface area contributed by atoms with Gasteiger partial charge in [0.2, 0.25) is 0 Å². The van der Waals surface area contributed by atoms with Crippen LogP contribution < -0.4 is 4.57 Å². The smallest absolute Gasteiger partial charge is 0.169 e. The maximum absolute atomic E-state index is 9.08. The fourth-order valence-corrected chi connectivity index (χ4v) is 2.53. The molecule has 5 heteroatoms. The first kappa shape index (κ1) is 15.0. The zero-order chi connectivity index (χ0) is 13.4. The molecule has 0 aliphatic heterocycles. The molecule has 1 heterocycles. The van der Waals surface area contributed by atoms with Gasteiger partial charge in [0.05, 0.1) is 0 Å². The summed E-state index contributed by atoms with van der Waals surface area (Å²) in [5.41, 5.74) is 0.958. The summed E-state index contributed by atoms with van der Waals surface area (Å²) in [5.74, 6) is 0.933. The first-order chi connectivity index (χ1) is 8.71. The third-order valence-corrected chi connectivity index (χ3v) is 3.83. The third-order valence-electron chi connectivity index (χ3n) is 2.86. The second kappa shape index (κ2) is 8.11. The molecule has 0 radical (unpaired) electrons. The SMILES string of the molecule is CCN(CC)CCS/C(=N\O)c1cc[n+](C)cc1. The summed E-state index contributed by atoms with van der Waals surface area (Å²) < 4.78 is 1.96. The topological polar surface area (TPSA) is 39.7 Å². The third kappa shape index (κ3) is 4.66. The molecule has 0 saturated carbocycles. The van der Waals surface area contributed by atoms with Crippen molar-refractivity contribution in [2.75, 3.05) is 25.4 Å². The second-order valence-corrected chi connectivity index (χ2v) is 5.12. The monoisotopic (exact) mass is 268 g/mol. The maximum atomic E-state index is 9.08. The molecule has 0 unspecified atom stereocenters. The van der Waals surface area contributed by atoms with Gasteiger partial charge in [-0.05, 0) is 13.1 Å². The first-order valence-electron chi connectivity index (χ1n) is 6.24. The number of aryl methyl sites for hydroxylation is 1. The van der Waals surface area contributed by atoms with E-state index in [0.717, 1.165) is 31.0 Å². The molecular weight excluding hydrogens is 246 g/mol. The van der Waals surface area contributed by atoms with Crippen LogP contribution in [0.25, 0.3) is 0 Å². The van der Waals surface area contributed by atoms with Crippen LogP contribution in [0.2, 0.25) is 0 Å². The molecule has 0 aliphatic carbocycles. The van der Waals surface area contributed by atoms with E-state index in [2.05, 4.69) is 23.9 Å². The summed E-state index contributed by atoms with van der Waals surface area (Å²) in [7, 11) is 1.97. The molecule has 0 atom stereocenters. The molecule has 100 valence electrons. The fraction of sp³-hybridized carbons (Fsp3) is 0.538. The van der Waals surface area contributed by atoms with Gasteiger partial charge in [0, 0.05) is 30.0 Å². The molecule has 1 aromatic heterocycles. The van der Waals surface area contributed by atoms with Crippen LogP contribution in [-0.2, 0) is 7.05 Å². The number of nitrogens with zero attached hydrogens (tertiary/aromatic N) is 3. The largest absolute Gasteiger partial charge is 0.410 e. The number of pyridine rings is 1. The predicted molar refractivity (Wildman–Crippen MR) is 76.2 cm³/mol. The molecule has 0 spiro atoms. The lowest BCUT2D eigenvalue weighted by atomic mass is 10.3. The van der Waals surface area contributed by atoms with Crippen LogP contribution in [-0.4, -0.2) is 40.5 Å². The molecule has 1 rings (SSSR count). The summed E-state index contributed by atoms with van der Waals surface area (Å²) in [6.07, 6.45) is 3.90. The molecule has 0 bridgehead atoms. The highest BCUT2D eigenvalue weighted by Gasteiger charge is 2.08. The molecule has 0 aromatic carbocycles. The summed E-state index contributed by atoms with van der Waals surface area (Å²) in [6.45, 7) is 7.45. The van der Waals surface area contributed by atoms with Crippen molar-refractivity contribution >= 4 is 16.8 Å². The van der Waals surface area contributed by atoms with Gasteiger partial charge in [-0.2, -0.15) is 0 Å². The molecule has 0 fully saturated rings. The summed E-state index contributed by atoms with van der Waals surface area (Å²) in [6, 6.07) is 3.92. The van der Waals surface area contributed by atoms with E-state index in [1.54, 1.807) is 11.8 Å². The van der Waals surface area contributed by atoms with Gasteiger partial charge >= 0.3 is 0 Å². The second-order valence-electron chi connectivity index (χ2n) is 4.03. The fourth-order valence-electron chi connectivity index (χ4n) is 1.62. The van der Waals surface area contributed by atoms with Crippen LogP contribution in [0.15, 0.2) is 29.7 Å². The van der Waals surface area contributed by atoms with Crippen molar-refractivity contribution in [3.05, 3.63) is 30.1 Å². The lowest BCUT2D eigenvalue weighted by Crippen LogP contribution is -2.27. The van der Waals surface area contributed by atoms with Crippen molar-refractivity contribution in [1.82, 2.24) is 4.90 Å². The van der Waals surface area contributed by atoms with E-state index in [0.29, 0.717) is 5.04 Å². The minimum atomic E-state index is 0.683. The zero-order valence-corrected chi connectivity index (χ0v) is 12.2. The lowest BCUT2D eigenvalue weighted by molar-refractivity contribution is -0.671. The predicted octanol–water partition coefficient (Wildman–Crippen LogP) is 1.72. The van der Waals surface area contributed by atoms with Gasteiger partial charge in [-0.25, -0.2) is 4.57 Å². The van der Waals surface area contributed by atoms with Crippen LogP contribution in [0.4, 0.5) is 0 Å². The van der Waals surface area contributed by atoms with Crippen LogP contribution in [0.5, 0.6) is 0 Å². The van der Waals surface area contributed by atoms with E-state index in [9.17, 15) is 0 Å². The van der Waals surface area contributed by atoms with Crippen LogP contribution in [0.1, 0.15) is 19.4 Å². The number of rotatable bonds is 6. The Kier molecular flexibility index (Phi) is 6.75. The normalized spacial score (nSPS) is 12.1. The number of aromatic nitrogens is 1. The van der Waals surface area contributed by atoms with Crippen molar-refractivity contribution in [3.8, 4) is 0 Å². The highest BCUT2D eigenvalue weighted by molar-refractivity contribution is 8.14. The highest BCUT2D eigenvalue weighted by atomic mass is 32.2. The van der Waals surface area contributed by atoms with Crippen molar-refractivity contribution < 1.29 is 9.77 Å². The molecule has 18 heavy (non-hydrogen) atoms. The minimum absolute atomic E-state index is 0.683. The van der Waals surface area contributed by atoms with E-state index >= 15 is 0 Å². The zero-order valence-electron chi connectivity index (χ0n) is 11.3. The molecular formula is C13H22N3OS+. The van der Waals surface area contributed by atoms with Gasteiger partial charge < -0.3 is 10.1 Å². The Morgan fingerprint density at radius 3 is 2.44 bits per heavy atom. The van der Waals surface area contributed by atoms with Crippen LogP contribution in [0.3, 0.4) is 0 Å². The lowest BCUT2D eigenvalue weighted by Gasteiger charge is -2.17. The molecule has 1 N–H and O–H groups in total. The van der Waals surface area contributed by atoms with Crippen LogP contribution in [0, 0.1) is 0 Å². The van der Waals surface area contributed by atoms with Crippen LogP contribution >= 0.6 is 11.8 Å². The Bertz CT molecular complexity index is 374. The molecule has 0 aliphatic rings. The Balaban J connectivity index is 2.51. The van der Waals surface area contributed by atoms with Gasteiger partial charge in [-0.1, -0.05) is 19.0 Å². The van der Waals surface area contributed by atoms with Gasteiger partial charge in [0.1, 0.15) is 12.1 Å². The van der Waals surface area contributed by atoms with Crippen molar-refractivity contribution in [3.63, 3.8) is 0 Å². The average molecular weight is 268 g/mol. The van der Waals surface area contributed by atoms with E-state index in [-0.39, 0.29) is 0 Å². The molecule has 0 saturated heterocycles. The Morgan fingerprint density at radius 2 is 1.94 bits per heavy atom. The Hall–Kier alpha value is -1.07. The molecule has 4 nitrogen and oxygen atoms in total. The average Bonchev–Trinajstić information content (AvgIpc) is 2.41. The van der Waals surface area contributed by atoms with Gasteiger partial charge in [-0.15, -0.1) is 11.8 Å². The number of oxime groups is 1. The number of hydrogen-bond donors (Lipinski definition) is 1. The van der Waals surface area contributed by atoms with Crippen molar-refractivity contribution in [2.45, 2.75) is 13.8 Å². The molecule has 1 aromatic rings. The van der Waals surface area contributed by atoms with E-state index in [1.165, 1.54) is 0 Å². The van der Waals surface area contributed by atoms with E-state index in [1.807, 2.05) is 36.1 Å². The minimum Gasteiger partial charge on any atom is -0.410 e. The van der Waals surface area contributed by atoms with Crippen molar-refractivity contribution in [2.24, 2.45) is 12.2 Å². The number of hydrogen-bond acceptors (Lipinski definition) is 4. The van der Waals surface area contributed by atoms with Gasteiger partial charge in [0.25, 0.3) is 0 Å². The maximum Gasteiger partial charge on any atom is 0.169 e. The highest BCUT2D eigenvalue weighted by Crippen LogP contribution is 2.12. The standard InChI is InChI=1S/C13H21N3OS/c1-4-16(5-2)10-11-18-13(14-17)12-6-8-15(3)9-7-12/h6-9H,4-5,10-11H2,1-3H3/p+1. The van der Waals surface area contributed by atoms with E-state index in [4.69, 9.17) is 5.21 Å². The van der Waals surface area contributed by atoms with E-state index < -0.39 is 0 Å². The summed E-state index contributed by atoms with van der Waals surface area (Å²) in [4.78, 5) is 2.35. The Labute approximate surface area is 113 Å². The van der Waals surface area contributed by atoms with Crippen molar-refractivity contribution in [1.29, 1.82) is 0 Å².